The van der Waals surface area contributed by atoms with Crippen molar-refractivity contribution in [2.75, 3.05) is 158 Å². The van der Waals surface area contributed by atoms with Gasteiger partial charge in [0.2, 0.25) is 53.2 Å². The van der Waals surface area contributed by atoms with Crippen LogP contribution in [0.2, 0.25) is 0 Å². The van der Waals surface area contributed by atoms with Crippen molar-refractivity contribution in [1.82, 2.24) is 63.0 Å². The van der Waals surface area contributed by atoms with Gasteiger partial charge in [-0.2, -0.15) is 0 Å². The number of ketones is 2. The van der Waals surface area contributed by atoms with Gasteiger partial charge in [-0.3, -0.25) is 62.5 Å². The molecule has 4 aliphatic rings. The average molecular weight is 1930 g/mol. The van der Waals surface area contributed by atoms with E-state index in [2.05, 4.69) is 59.7 Å². The summed E-state index contributed by atoms with van der Waals surface area (Å²) in [6.07, 6.45) is -11.8. The highest BCUT2D eigenvalue weighted by Crippen LogP contribution is 2.26. The second-order valence-corrected chi connectivity index (χ2v) is 33.6. The Morgan fingerprint density at radius 1 is 0.246 bits per heavy atom. The Morgan fingerprint density at radius 3 is 0.701 bits per heavy atom. The quantitative estimate of drug-likeness (QED) is 0.0252. The largest absolute Gasteiger partial charge is 0.394 e. The highest BCUT2D eigenvalue weighted by molar-refractivity contribution is 5.86. The zero-order valence-corrected chi connectivity index (χ0v) is 77.8. The smallest absolute Gasteiger partial charge is 0.234 e. The van der Waals surface area contributed by atoms with Gasteiger partial charge in [0.05, 0.1) is 92.1 Å². The van der Waals surface area contributed by atoms with Gasteiger partial charge in [0, 0.05) is 116 Å². The van der Waals surface area contributed by atoms with E-state index in [1.807, 2.05) is 13.8 Å². The number of carbonyl (C=O) groups is 11. The van der Waals surface area contributed by atoms with Crippen LogP contribution in [0.3, 0.4) is 0 Å². The first-order chi connectivity index (χ1) is 64.2. The van der Waals surface area contributed by atoms with Crippen LogP contribution in [0.1, 0.15) is 194 Å². The first-order valence-electron chi connectivity index (χ1n) is 47.2. The van der Waals surface area contributed by atoms with E-state index in [0.29, 0.717) is 155 Å². The fourth-order valence-corrected chi connectivity index (χ4v) is 14.5. The SMILES string of the molecule is C=C(CCCCCNC(=O)CN(CC(=O)NCCCCCC(=O)NCC)CC(=O)NCCCCCC(=O)NCCO[C@H]1O[C@H](CO)[C@@H](O)[C@H](O)[C@@H]1O)NCCO[C@H]1O[C@H](CO)[C@@H](O)[C@H](O)[C@@H]1O.CCNC(=O)CCCCCCC(=O)CN(CC(=O)CCCCCCC(=O)NCCO[C@H]1O[C@H](CO)[C@@H](O)[C@H](O)[C@@H]1O)CC(=O)NCCCCCC(=O)NCCO[C@H]1O[C@H](CO)[C@@H](O)[C@H](O)[C@@H]1O. The maximum atomic E-state index is 13.0. The zero-order valence-electron chi connectivity index (χ0n) is 77.8. The monoisotopic (exact) mass is 1930 g/mol. The lowest BCUT2D eigenvalue weighted by atomic mass is 9.99. The summed E-state index contributed by atoms with van der Waals surface area (Å²) in [5, 5.41) is 184. The number of rotatable bonds is 73. The molecule has 0 unspecified atom stereocenters. The van der Waals surface area contributed by atoms with Crippen LogP contribution in [0.4, 0.5) is 0 Å². The van der Waals surface area contributed by atoms with Crippen molar-refractivity contribution < 1.29 is 172 Å². The molecule has 0 saturated carbocycles. The average Bonchev–Trinajstić information content (AvgIpc) is 0.834. The number of allylic oxidation sites excluding steroid dienone is 1. The molecule has 0 aromatic rings. The van der Waals surface area contributed by atoms with Crippen molar-refractivity contribution in [3.05, 3.63) is 12.3 Å². The molecule has 4 heterocycles. The minimum Gasteiger partial charge on any atom is -0.394 e. The Bertz CT molecular complexity index is 2940. The number of nitrogens with zero attached hydrogens (tertiary/aromatic N) is 2. The number of ether oxygens (including phenoxy) is 8. The fourth-order valence-electron chi connectivity index (χ4n) is 14.5. The summed E-state index contributed by atoms with van der Waals surface area (Å²) in [4.78, 5) is 141. The van der Waals surface area contributed by atoms with E-state index in [4.69, 9.17) is 37.9 Å². The molecule has 0 aromatic heterocycles. The molecule has 134 heavy (non-hydrogen) atoms. The first-order valence-corrected chi connectivity index (χ1v) is 47.2. The molecule has 4 saturated heterocycles. The Labute approximate surface area is 783 Å². The van der Waals surface area contributed by atoms with Gasteiger partial charge in [-0.05, 0) is 97.3 Å². The number of carbonyl (C=O) groups excluding carboxylic acids is 11. The molecule has 0 aromatic carbocycles. The summed E-state index contributed by atoms with van der Waals surface area (Å²) in [6, 6.07) is 0. The van der Waals surface area contributed by atoms with Crippen LogP contribution in [-0.2, 0) is 90.6 Å². The number of hydrogen-bond acceptors (Lipinski definition) is 38. The molecule has 9 amide bonds. The molecule has 47 heteroatoms. The lowest BCUT2D eigenvalue weighted by Crippen LogP contribution is -2.59. The lowest BCUT2D eigenvalue weighted by molar-refractivity contribution is -0.300. The van der Waals surface area contributed by atoms with Gasteiger partial charge in [0.25, 0.3) is 0 Å². The molecule has 0 radical (unpaired) electrons. The van der Waals surface area contributed by atoms with Crippen LogP contribution in [0, 0.1) is 0 Å². The minimum atomic E-state index is -1.57. The Hall–Kier alpha value is -6.93. The van der Waals surface area contributed by atoms with Crippen molar-refractivity contribution in [3.8, 4) is 0 Å². The number of unbranched alkanes of at least 4 members (excludes halogenated alkanes) is 14. The van der Waals surface area contributed by atoms with Crippen LogP contribution in [0.15, 0.2) is 12.3 Å². The molecule has 4 fully saturated rings. The van der Waals surface area contributed by atoms with E-state index >= 15 is 0 Å². The predicted molar refractivity (Wildman–Crippen MR) is 477 cm³/mol. The van der Waals surface area contributed by atoms with Gasteiger partial charge in [0.1, 0.15) is 109 Å². The number of Topliss-reactive ketones (excluding diaryl/α,β-unsaturated/α-hetero) is 2. The Kier molecular flexibility index (Phi) is 65.5. The minimum absolute atomic E-state index is 0.000211. The van der Waals surface area contributed by atoms with Gasteiger partial charge in [-0.1, -0.05) is 57.9 Å². The number of nitrogens with one attached hydrogen (secondary N) is 10. The molecule has 20 atom stereocenters. The van der Waals surface area contributed by atoms with E-state index in [9.17, 15) is 134 Å². The number of amides is 9. The van der Waals surface area contributed by atoms with Gasteiger partial charge in [-0.25, -0.2) is 0 Å². The second-order valence-electron chi connectivity index (χ2n) is 33.6. The standard InChI is InChI=1S/C44H79N5O18.C43H79N7O17/c1-2-45-33(54)16-10-5-3-8-14-29(52)24-49(25-30(53)15-9-4-6-11-17-34(55)47-20-22-64-43-41(62)39(60)37(58)31(27-50)66-43)26-36(57)46-19-13-7-12-18-35(56)48-21-23-65-44-42(63)40(61)38(59)32(28-51)67-44;1-3-44-31(53)14-8-5-11-17-47-34(56)24-50(23-33(55)46-16-10-4-7-13-28(2)45-19-21-64-42-40(62)38(60)36(58)29(26-51)66-42)25-35(57)48-18-12-6-9-15-32(54)49-20-22-65-43-41(63)39(61)37(59)30(27-52)67-43/h31-32,37-44,50-51,58-63H,2-28H2,1H3,(H,45,54)(H,46,57)(H,47,55)(H,48,56);29-30,36-43,45,51-52,58-63H,2-27H2,1H3,(H,44,53)(H,46,55)(H,47,56)(H,48,57)(H,49,54)/t31-,32-,37-,38-,39+,40+,41+,42+,43+,44+;29-,30-,36-,37-,38+,39+,40+,41+,42+,43+/m11/s1. The number of hydrogen-bond donors (Lipinski definition) is 26. The third-order valence-corrected chi connectivity index (χ3v) is 22.2. The molecule has 776 valence electrons. The Morgan fingerprint density at radius 2 is 0.455 bits per heavy atom. The normalized spacial score (nSPS) is 25.0. The van der Waals surface area contributed by atoms with Crippen LogP contribution in [0.25, 0.3) is 0 Å². The third kappa shape index (κ3) is 51.6. The third-order valence-electron chi connectivity index (χ3n) is 22.2. The van der Waals surface area contributed by atoms with E-state index in [-0.39, 0.29) is 182 Å². The molecule has 4 rings (SSSR count). The summed E-state index contributed by atoms with van der Waals surface area (Å²) in [7, 11) is 0. The maximum Gasteiger partial charge on any atom is 0.234 e. The highest BCUT2D eigenvalue weighted by Gasteiger charge is 2.48. The van der Waals surface area contributed by atoms with Crippen molar-refractivity contribution in [2.45, 2.75) is 316 Å². The van der Waals surface area contributed by atoms with Crippen molar-refractivity contribution >= 4 is 64.7 Å². The number of aliphatic hydroxyl groups excluding tert-OH is 16. The topological polar surface area (TPSA) is 712 Å². The molecule has 0 aliphatic carbocycles. The molecule has 26 N–H and O–H groups in total. The second kappa shape index (κ2) is 72.4. The van der Waals surface area contributed by atoms with Crippen molar-refractivity contribution in [1.29, 1.82) is 0 Å². The summed E-state index contributed by atoms with van der Waals surface area (Å²) in [6.45, 7) is 7.60. The van der Waals surface area contributed by atoms with Crippen LogP contribution in [-0.4, -0.2) is 437 Å². The predicted octanol–water partition coefficient (Wildman–Crippen LogP) is -7.91. The summed E-state index contributed by atoms with van der Waals surface area (Å²) in [5.74, 6) is -2.38. The van der Waals surface area contributed by atoms with Crippen LogP contribution < -0.4 is 53.2 Å². The maximum absolute atomic E-state index is 13.0. The summed E-state index contributed by atoms with van der Waals surface area (Å²) < 4.78 is 42.7. The molecular formula is C87H158N12O35. The molecule has 0 spiro atoms. The summed E-state index contributed by atoms with van der Waals surface area (Å²) >= 11 is 0. The van der Waals surface area contributed by atoms with E-state index in [1.165, 1.54) is 4.90 Å². The van der Waals surface area contributed by atoms with Crippen molar-refractivity contribution in [2.24, 2.45) is 0 Å². The Balaban J connectivity index is 0.000000690. The zero-order chi connectivity index (χ0) is 99.1. The highest BCUT2D eigenvalue weighted by atomic mass is 16.7. The molecule has 0 bridgehead atoms. The van der Waals surface area contributed by atoms with Crippen LogP contribution >= 0.6 is 0 Å². The molecule has 47 nitrogen and oxygen atoms in total. The van der Waals surface area contributed by atoms with E-state index in [0.717, 1.165) is 44.2 Å². The van der Waals surface area contributed by atoms with Crippen LogP contribution in [0.5, 0.6) is 0 Å². The lowest BCUT2D eigenvalue weighted by Gasteiger charge is -2.39. The van der Waals surface area contributed by atoms with Crippen molar-refractivity contribution in [3.63, 3.8) is 0 Å². The van der Waals surface area contributed by atoms with E-state index < -0.39 is 149 Å². The van der Waals surface area contributed by atoms with Gasteiger partial charge in [0.15, 0.2) is 25.2 Å². The molecule has 4 aliphatic heterocycles. The summed E-state index contributed by atoms with van der Waals surface area (Å²) in [5.41, 5.74) is 0.745. The van der Waals surface area contributed by atoms with Gasteiger partial charge in [-0.15, -0.1) is 0 Å². The van der Waals surface area contributed by atoms with Gasteiger partial charge < -0.3 is 173 Å². The number of aliphatic hydroxyl groups is 16. The van der Waals surface area contributed by atoms with Gasteiger partial charge >= 0.3 is 0 Å². The van der Waals surface area contributed by atoms with E-state index in [1.54, 1.807) is 4.90 Å². The first kappa shape index (κ1) is 121. The molecular weight excluding hydrogens is 1770 g/mol. The fraction of sp³-hybridized carbons (Fsp3) is 0.851.